The fraction of sp³-hybridized carbons (Fsp3) is 0.483. The summed E-state index contributed by atoms with van der Waals surface area (Å²) >= 11 is 0. The van der Waals surface area contributed by atoms with Crippen molar-refractivity contribution in [2.45, 2.75) is 39.2 Å². The molecule has 2 fully saturated rings. The third-order valence-corrected chi connectivity index (χ3v) is 7.92. The van der Waals surface area contributed by atoms with E-state index in [2.05, 4.69) is 23.6 Å². The summed E-state index contributed by atoms with van der Waals surface area (Å²) < 4.78 is 56.3. The predicted molar refractivity (Wildman–Crippen MR) is 143 cm³/mol. The van der Waals surface area contributed by atoms with E-state index in [0.717, 1.165) is 63.1 Å². The van der Waals surface area contributed by atoms with Gasteiger partial charge in [-0.3, -0.25) is 14.4 Å². The summed E-state index contributed by atoms with van der Waals surface area (Å²) in [7, 11) is 0. The lowest BCUT2D eigenvalue weighted by Crippen LogP contribution is -2.48. The Morgan fingerprint density at radius 3 is 2.44 bits per heavy atom. The van der Waals surface area contributed by atoms with Crippen LogP contribution in [-0.2, 0) is 24.1 Å². The van der Waals surface area contributed by atoms with Crippen molar-refractivity contribution in [1.82, 2.24) is 19.4 Å². The number of halogens is 3. The zero-order valence-electron chi connectivity index (χ0n) is 22.4. The monoisotopic (exact) mass is 541 g/mol. The van der Waals surface area contributed by atoms with Crippen LogP contribution >= 0.6 is 0 Å². The van der Waals surface area contributed by atoms with Crippen LogP contribution in [0.2, 0.25) is 0 Å². The number of hydrogen-bond donors (Lipinski definition) is 0. The first-order valence-corrected chi connectivity index (χ1v) is 13.6. The van der Waals surface area contributed by atoms with Gasteiger partial charge < -0.3 is 14.4 Å². The molecule has 0 spiro atoms. The van der Waals surface area contributed by atoms with Crippen LogP contribution < -0.4 is 9.64 Å². The van der Waals surface area contributed by atoms with Crippen molar-refractivity contribution in [1.29, 1.82) is 0 Å². The van der Waals surface area contributed by atoms with Crippen LogP contribution in [0.5, 0.6) is 5.75 Å². The summed E-state index contributed by atoms with van der Waals surface area (Å²) in [5.41, 5.74) is 2.35. The highest BCUT2D eigenvalue weighted by atomic mass is 19.4. The molecule has 0 atom stereocenters. The van der Waals surface area contributed by atoms with E-state index in [9.17, 15) is 13.2 Å². The fourth-order valence-corrected chi connectivity index (χ4v) is 5.70. The molecule has 0 amide bonds. The van der Waals surface area contributed by atoms with Gasteiger partial charge in [-0.05, 0) is 49.2 Å². The van der Waals surface area contributed by atoms with E-state index in [0.29, 0.717) is 36.1 Å². The maximum atomic E-state index is 14.3. The third kappa shape index (κ3) is 5.37. The second-order valence-electron chi connectivity index (χ2n) is 10.7. The number of alkyl halides is 3. The highest BCUT2D eigenvalue weighted by molar-refractivity contribution is 5.74. The molecule has 7 nitrogen and oxygen atoms in total. The Hall–Kier alpha value is -3.08. The fourth-order valence-electron chi connectivity index (χ4n) is 5.70. The van der Waals surface area contributed by atoms with Gasteiger partial charge in [0.25, 0.3) is 0 Å². The maximum Gasteiger partial charge on any atom is 0.417 e. The van der Waals surface area contributed by atoms with Gasteiger partial charge in [-0.1, -0.05) is 12.1 Å². The van der Waals surface area contributed by atoms with E-state index in [-0.39, 0.29) is 12.2 Å². The van der Waals surface area contributed by atoms with Crippen LogP contribution in [-0.4, -0.2) is 77.9 Å². The van der Waals surface area contributed by atoms with Gasteiger partial charge >= 0.3 is 6.18 Å². The highest BCUT2D eigenvalue weighted by Crippen LogP contribution is 2.42. The molecule has 2 aromatic carbocycles. The van der Waals surface area contributed by atoms with Gasteiger partial charge in [-0.25, -0.2) is 4.98 Å². The maximum absolute atomic E-state index is 14.3. The number of hydrogen-bond acceptors (Lipinski definition) is 6. The topological polar surface area (TPSA) is 46.0 Å². The number of ether oxygens (including phenoxy) is 2. The Labute approximate surface area is 226 Å². The molecule has 4 heterocycles. The van der Waals surface area contributed by atoms with Crippen molar-refractivity contribution in [3.05, 3.63) is 59.7 Å². The molecule has 6 rings (SSSR count). The Morgan fingerprint density at radius 2 is 1.72 bits per heavy atom. The Balaban J connectivity index is 1.27. The van der Waals surface area contributed by atoms with Crippen LogP contribution in [0.15, 0.2) is 42.6 Å². The van der Waals surface area contributed by atoms with Crippen LogP contribution in [0, 0.1) is 0 Å². The first-order chi connectivity index (χ1) is 18.8. The molecule has 0 saturated carbocycles. The summed E-state index contributed by atoms with van der Waals surface area (Å²) in [6.45, 7) is 11.6. The highest BCUT2D eigenvalue weighted by Gasteiger charge is 2.35. The smallest absolute Gasteiger partial charge is 0.417 e. The number of aromatic nitrogens is 2. The van der Waals surface area contributed by atoms with E-state index in [4.69, 9.17) is 14.5 Å². The predicted octanol–water partition coefficient (Wildman–Crippen LogP) is 4.81. The first kappa shape index (κ1) is 26.2. The number of piperazine rings is 1. The Bertz CT molecular complexity index is 1320. The number of rotatable bonds is 5. The molecule has 0 aliphatic carbocycles. The lowest BCUT2D eigenvalue weighted by atomic mass is 9.97. The summed E-state index contributed by atoms with van der Waals surface area (Å²) in [6, 6.07) is 10.4. The van der Waals surface area contributed by atoms with E-state index in [1.165, 1.54) is 6.07 Å². The minimum Gasteiger partial charge on any atom is -0.483 e. The summed E-state index contributed by atoms with van der Waals surface area (Å²) in [6.07, 6.45) is -2.48. The molecule has 3 aromatic rings. The Kier molecular flexibility index (Phi) is 7.03. The number of morpholine rings is 1. The van der Waals surface area contributed by atoms with E-state index < -0.39 is 11.7 Å². The SMILES string of the molecule is CC(C)N1CCN(c2ccc(-c3ccc4c(c3)OCc3nc(CN5CCOCC5)cn3-4)c(C(F)(F)F)c2)CC1. The Morgan fingerprint density at radius 1 is 0.949 bits per heavy atom. The van der Waals surface area contributed by atoms with Gasteiger partial charge in [0, 0.05) is 63.7 Å². The molecule has 3 aliphatic rings. The van der Waals surface area contributed by atoms with Crippen LogP contribution in [0.1, 0.15) is 30.9 Å². The van der Waals surface area contributed by atoms with E-state index >= 15 is 0 Å². The largest absolute Gasteiger partial charge is 0.483 e. The first-order valence-electron chi connectivity index (χ1n) is 13.6. The van der Waals surface area contributed by atoms with Gasteiger partial charge in [-0.2, -0.15) is 13.2 Å². The van der Waals surface area contributed by atoms with E-state index in [1.54, 1.807) is 18.2 Å². The second-order valence-corrected chi connectivity index (χ2v) is 10.7. The quantitative estimate of drug-likeness (QED) is 0.462. The molecule has 0 N–H and O–H groups in total. The molecule has 3 aliphatic heterocycles. The lowest BCUT2D eigenvalue weighted by Gasteiger charge is -2.38. The van der Waals surface area contributed by atoms with Gasteiger partial charge in [0.15, 0.2) is 5.82 Å². The summed E-state index contributed by atoms with van der Waals surface area (Å²) in [4.78, 5) is 11.4. The molecule has 208 valence electrons. The van der Waals surface area contributed by atoms with Crippen molar-refractivity contribution < 1.29 is 22.6 Å². The summed E-state index contributed by atoms with van der Waals surface area (Å²) in [5, 5.41) is 0. The minimum absolute atomic E-state index is 0.155. The van der Waals surface area contributed by atoms with Gasteiger partial charge in [-0.15, -0.1) is 0 Å². The number of anilines is 1. The molecule has 1 aromatic heterocycles. The standard InChI is InChI=1S/C29H34F3N5O2/c1-20(2)35-7-9-36(10-8-35)23-4-5-24(25(16-23)29(30,31)32)21-3-6-26-27(15-21)39-19-28-33-22(18-37(26)28)17-34-11-13-38-14-12-34/h3-6,15-16,18,20H,7-14,17,19H2,1-2H3. The molecule has 10 heteroatoms. The van der Waals surface area contributed by atoms with Crippen LogP contribution in [0.3, 0.4) is 0 Å². The molecule has 0 unspecified atom stereocenters. The number of imidazole rings is 1. The molecular formula is C29H34F3N5O2. The third-order valence-electron chi connectivity index (χ3n) is 7.92. The molecule has 39 heavy (non-hydrogen) atoms. The molecule has 0 bridgehead atoms. The average Bonchev–Trinajstić information content (AvgIpc) is 3.35. The van der Waals surface area contributed by atoms with Crippen molar-refractivity contribution in [2.75, 3.05) is 57.4 Å². The lowest BCUT2D eigenvalue weighted by molar-refractivity contribution is -0.137. The molecule has 0 radical (unpaired) electrons. The van der Waals surface area contributed by atoms with Crippen LogP contribution in [0.25, 0.3) is 16.8 Å². The molecule has 2 saturated heterocycles. The summed E-state index contributed by atoms with van der Waals surface area (Å²) in [5.74, 6) is 1.34. The minimum atomic E-state index is -4.48. The number of fused-ring (bicyclic) bond motifs is 3. The van der Waals surface area contributed by atoms with Crippen LogP contribution in [0.4, 0.5) is 18.9 Å². The van der Waals surface area contributed by atoms with Gasteiger partial charge in [0.05, 0.1) is 30.2 Å². The van der Waals surface area contributed by atoms with Crippen molar-refractivity contribution in [2.24, 2.45) is 0 Å². The zero-order valence-corrected chi connectivity index (χ0v) is 22.4. The normalized spacial score (nSPS) is 18.7. The van der Waals surface area contributed by atoms with Crippen molar-refractivity contribution in [3.63, 3.8) is 0 Å². The number of nitrogens with zero attached hydrogens (tertiary/aromatic N) is 5. The second kappa shape index (κ2) is 10.5. The van der Waals surface area contributed by atoms with E-state index in [1.807, 2.05) is 27.8 Å². The van der Waals surface area contributed by atoms with Gasteiger partial charge in [0.1, 0.15) is 12.4 Å². The van der Waals surface area contributed by atoms with Crippen molar-refractivity contribution >= 4 is 5.69 Å². The zero-order chi connectivity index (χ0) is 27.1. The molecular weight excluding hydrogens is 507 g/mol. The van der Waals surface area contributed by atoms with Gasteiger partial charge in [0.2, 0.25) is 0 Å². The number of benzene rings is 2. The average molecular weight is 542 g/mol. The van der Waals surface area contributed by atoms with Crippen molar-refractivity contribution in [3.8, 4) is 22.6 Å².